The molecule has 222 valence electrons. The predicted molar refractivity (Wildman–Crippen MR) is 166 cm³/mol. The number of hydrogen-bond acceptors (Lipinski definition) is 7. The van der Waals surface area contributed by atoms with Crippen molar-refractivity contribution in [3.63, 3.8) is 0 Å². The average Bonchev–Trinajstić information content (AvgIpc) is 3.01. The highest BCUT2D eigenvalue weighted by atomic mass is 32.2. The van der Waals surface area contributed by atoms with Gasteiger partial charge in [-0.05, 0) is 80.1 Å². The largest absolute Gasteiger partial charge is 0.495 e. The normalized spacial score (nSPS) is 11.1. The van der Waals surface area contributed by atoms with Gasteiger partial charge < -0.3 is 14.8 Å². The van der Waals surface area contributed by atoms with Crippen LogP contribution in [0.2, 0.25) is 0 Å². The van der Waals surface area contributed by atoms with Crippen LogP contribution in [-0.4, -0.2) is 46.7 Å². The molecule has 0 aliphatic rings. The maximum absolute atomic E-state index is 13.6. The van der Waals surface area contributed by atoms with Crippen LogP contribution in [0.25, 0.3) is 0 Å². The molecule has 4 aromatic rings. The third kappa shape index (κ3) is 8.43. The second-order valence-electron chi connectivity index (χ2n) is 9.56. The summed E-state index contributed by atoms with van der Waals surface area (Å²) in [6.45, 7) is 3.12. The Bertz CT molecular complexity index is 1690. The second-order valence-corrected chi connectivity index (χ2v) is 11.4. The van der Waals surface area contributed by atoms with Crippen molar-refractivity contribution in [3.8, 4) is 11.5 Å². The van der Waals surface area contributed by atoms with Crippen molar-refractivity contribution in [2.45, 2.75) is 18.7 Å². The first-order valence-electron chi connectivity index (χ1n) is 13.3. The van der Waals surface area contributed by atoms with Crippen molar-refractivity contribution in [2.24, 2.45) is 5.10 Å². The molecule has 2 N–H and O–H groups in total. The van der Waals surface area contributed by atoms with Gasteiger partial charge >= 0.3 is 0 Å². The Balaban J connectivity index is 1.37. The number of hydrogen-bond donors (Lipinski definition) is 2. The number of sulfonamides is 1. The molecule has 0 spiro atoms. The summed E-state index contributed by atoms with van der Waals surface area (Å²) in [7, 11) is -2.69. The summed E-state index contributed by atoms with van der Waals surface area (Å²) < 4.78 is 39.1. The van der Waals surface area contributed by atoms with Crippen molar-refractivity contribution in [1.82, 2.24) is 5.43 Å². The topological polar surface area (TPSA) is 126 Å². The Kier molecular flexibility index (Phi) is 10.1. The fourth-order valence-corrected chi connectivity index (χ4v) is 5.38. The minimum Gasteiger partial charge on any atom is -0.495 e. The molecular weight excluding hydrogens is 568 g/mol. The quantitative estimate of drug-likeness (QED) is 0.180. The Morgan fingerprint density at radius 1 is 0.837 bits per heavy atom. The molecule has 10 nitrogen and oxygen atoms in total. The highest BCUT2D eigenvalue weighted by Gasteiger charge is 2.29. The molecule has 0 aliphatic carbocycles. The van der Waals surface area contributed by atoms with Crippen LogP contribution in [0.15, 0.2) is 107 Å². The van der Waals surface area contributed by atoms with E-state index < -0.39 is 22.5 Å². The van der Waals surface area contributed by atoms with E-state index in [9.17, 15) is 18.0 Å². The molecule has 0 unspecified atom stereocenters. The Hall–Kier alpha value is -5.16. The summed E-state index contributed by atoms with van der Waals surface area (Å²) in [5.74, 6) is -0.167. The third-order valence-electron chi connectivity index (χ3n) is 6.24. The van der Waals surface area contributed by atoms with Gasteiger partial charge in [-0.25, -0.2) is 13.8 Å². The van der Waals surface area contributed by atoms with Gasteiger partial charge in [0.05, 0.1) is 23.9 Å². The van der Waals surface area contributed by atoms with Crippen molar-refractivity contribution in [1.29, 1.82) is 0 Å². The molecule has 11 heteroatoms. The first-order valence-corrected chi connectivity index (χ1v) is 14.7. The number of carbonyl (C=O) groups excluding carboxylic acids is 2. The number of amides is 2. The summed E-state index contributed by atoms with van der Waals surface area (Å²) in [5.41, 5.74) is 5.93. The van der Waals surface area contributed by atoms with Crippen LogP contribution in [0.3, 0.4) is 0 Å². The van der Waals surface area contributed by atoms with Gasteiger partial charge in [0.1, 0.15) is 18.0 Å². The number of hydrazone groups is 1. The van der Waals surface area contributed by atoms with Gasteiger partial charge in [-0.1, -0.05) is 47.5 Å². The summed E-state index contributed by atoms with van der Waals surface area (Å²) >= 11 is 0. The fourth-order valence-electron chi connectivity index (χ4n) is 3.95. The molecule has 0 aliphatic heterocycles. The first-order chi connectivity index (χ1) is 20.7. The third-order valence-corrected chi connectivity index (χ3v) is 8.01. The molecule has 4 aromatic carbocycles. The van der Waals surface area contributed by atoms with Crippen LogP contribution in [0.5, 0.6) is 11.5 Å². The van der Waals surface area contributed by atoms with Crippen LogP contribution < -0.4 is 24.5 Å². The zero-order chi connectivity index (χ0) is 30.8. The van der Waals surface area contributed by atoms with Gasteiger partial charge in [-0.15, -0.1) is 0 Å². The number of rotatable bonds is 12. The molecule has 0 atom stereocenters. The van der Waals surface area contributed by atoms with E-state index in [1.165, 1.54) is 25.5 Å². The maximum Gasteiger partial charge on any atom is 0.264 e. The number of ether oxygens (including phenoxy) is 2. The predicted octanol–water partition coefficient (Wildman–Crippen LogP) is 4.68. The lowest BCUT2D eigenvalue weighted by Crippen LogP contribution is -2.39. The number of aryl methyl sites for hydroxylation is 2. The van der Waals surface area contributed by atoms with E-state index in [0.29, 0.717) is 22.7 Å². The van der Waals surface area contributed by atoms with Crippen molar-refractivity contribution >= 4 is 39.4 Å². The minimum absolute atomic E-state index is 0.0373. The number of benzene rings is 4. The van der Waals surface area contributed by atoms with Gasteiger partial charge in [-0.2, -0.15) is 5.10 Å². The van der Waals surface area contributed by atoms with Crippen LogP contribution in [0.4, 0.5) is 11.4 Å². The van der Waals surface area contributed by atoms with Crippen molar-refractivity contribution < 1.29 is 27.5 Å². The molecule has 0 bridgehead atoms. The van der Waals surface area contributed by atoms with Crippen LogP contribution in [0.1, 0.15) is 16.7 Å². The number of carbonyl (C=O) groups is 2. The average molecular weight is 601 g/mol. The van der Waals surface area contributed by atoms with Gasteiger partial charge in [0.25, 0.3) is 21.8 Å². The number of methoxy groups -OCH3 is 1. The van der Waals surface area contributed by atoms with Gasteiger partial charge in [0, 0.05) is 5.69 Å². The van der Waals surface area contributed by atoms with Crippen LogP contribution in [-0.2, 0) is 19.6 Å². The monoisotopic (exact) mass is 600 g/mol. The number of anilines is 2. The standard InChI is InChI=1S/C32H32N4O6S/c1-23-8-14-26(15-9-23)34-32(38)22-42-27-16-12-25(13-17-27)20-33-35-31(37)21-36(29-6-4-5-7-30(29)41-3)43(39,40)28-18-10-24(2)11-19-28/h4-20H,21-22H2,1-3H3,(H,34,38)(H,35,37)/b33-20+. The lowest BCUT2D eigenvalue weighted by molar-refractivity contribution is -0.119. The molecule has 0 heterocycles. The highest BCUT2D eigenvalue weighted by molar-refractivity contribution is 7.92. The lowest BCUT2D eigenvalue weighted by atomic mass is 10.2. The van der Waals surface area contributed by atoms with E-state index >= 15 is 0 Å². The van der Waals surface area contributed by atoms with Crippen LogP contribution in [0, 0.1) is 13.8 Å². The Morgan fingerprint density at radius 2 is 1.47 bits per heavy atom. The highest BCUT2D eigenvalue weighted by Crippen LogP contribution is 2.32. The maximum atomic E-state index is 13.6. The summed E-state index contributed by atoms with van der Waals surface area (Å²) in [6.07, 6.45) is 1.41. The summed E-state index contributed by atoms with van der Waals surface area (Å²) in [6, 6.07) is 27.1. The Morgan fingerprint density at radius 3 is 2.12 bits per heavy atom. The lowest BCUT2D eigenvalue weighted by Gasteiger charge is -2.25. The second kappa shape index (κ2) is 14.1. The molecule has 0 radical (unpaired) electrons. The van der Waals surface area contributed by atoms with E-state index in [1.54, 1.807) is 60.7 Å². The molecule has 0 saturated heterocycles. The van der Waals surface area contributed by atoms with E-state index in [2.05, 4.69) is 15.8 Å². The van der Waals surface area contributed by atoms with Crippen molar-refractivity contribution in [2.75, 3.05) is 29.9 Å². The number of nitrogens with one attached hydrogen (secondary N) is 2. The van der Waals surface area contributed by atoms with Gasteiger partial charge in [-0.3, -0.25) is 13.9 Å². The fraction of sp³-hybridized carbons (Fsp3) is 0.156. The molecular formula is C32H32N4O6S. The SMILES string of the molecule is COc1ccccc1N(CC(=O)N/N=C/c1ccc(OCC(=O)Nc2ccc(C)cc2)cc1)S(=O)(=O)c1ccc(C)cc1. The summed E-state index contributed by atoms with van der Waals surface area (Å²) in [5, 5.41) is 6.74. The molecule has 4 rings (SSSR count). The van der Waals surface area contributed by atoms with E-state index in [4.69, 9.17) is 9.47 Å². The molecule has 0 saturated carbocycles. The number of nitrogens with zero attached hydrogens (tertiary/aromatic N) is 2. The minimum atomic E-state index is -4.11. The molecule has 2 amide bonds. The molecule has 43 heavy (non-hydrogen) atoms. The van der Waals surface area contributed by atoms with E-state index in [-0.39, 0.29) is 23.1 Å². The van der Waals surface area contributed by atoms with Gasteiger partial charge in [0.15, 0.2) is 6.61 Å². The number of para-hydroxylation sites is 2. The van der Waals surface area contributed by atoms with E-state index in [0.717, 1.165) is 15.4 Å². The first kappa shape index (κ1) is 30.8. The molecule has 0 fully saturated rings. The Labute approximate surface area is 251 Å². The van der Waals surface area contributed by atoms with E-state index in [1.807, 2.05) is 38.1 Å². The van der Waals surface area contributed by atoms with Crippen molar-refractivity contribution in [3.05, 3.63) is 114 Å². The van der Waals surface area contributed by atoms with Gasteiger partial charge in [0.2, 0.25) is 0 Å². The van der Waals surface area contributed by atoms with Crippen LogP contribution >= 0.6 is 0 Å². The summed E-state index contributed by atoms with van der Waals surface area (Å²) in [4.78, 5) is 25.1. The zero-order valence-corrected chi connectivity index (χ0v) is 24.8. The molecule has 0 aromatic heterocycles. The zero-order valence-electron chi connectivity index (χ0n) is 24.0. The smallest absolute Gasteiger partial charge is 0.264 e.